The molecule has 0 aliphatic carbocycles. The predicted molar refractivity (Wildman–Crippen MR) is 128 cm³/mol. The van der Waals surface area contributed by atoms with Crippen LogP contribution in [-0.2, 0) is 13.1 Å². The Hall–Kier alpha value is -3.71. The van der Waals surface area contributed by atoms with Crippen LogP contribution >= 0.6 is 11.3 Å². The summed E-state index contributed by atoms with van der Waals surface area (Å²) in [6.45, 7) is 6.70. The van der Waals surface area contributed by atoms with E-state index in [1.807, 2.05) is 67.8 Å². The van der Waals surface area contributed by atoms with Crippen molar-refractivity contribution in [3.05, 3.63) is 110 Å². The zero-order chi connectivity index (χ0) is 23.4. The molecule has 0 spiro atoms. The van der Waals surface area contributed by atoms with Gasteiger partial charge in [-0.1, -0.05) is 35.9 Å². The zero-order valence-corrected chi connectivity index (χ0v) is 19.6. The Bertz CT molecular complexity index is 1360. The first kappa shape index (κ1) is 22.5. The summed E-state index contributed by atoms with van der Waals surface area (Å²) in [6.07, 6.45) is 1.58. The van der Waals surface area contributed by atoms with Gasteiger partial charge in [0.25, 0.3) is 11.8 Å². The molecule has 2 aromatic heterocycles. The van der Waals surface area contributed by atoms with Crippen molar-refractivity contribution in [1.82, 2.24) is 9.88 Å². The van der Waals surface area contributed by atoms with Crippen molar-refractivity contribution in [3.8, 4) is 0 Å². The monoisotopic (exact) mass is 459 g/mol. The van der Waals surface area contributed by atoms with E-state index in [9.17, 15) is 9.59 Å². The standard InChI is InChI=1S/C26H25N3O3S/c1-17-8-6-10-20(14-17)24(30)28-26-29(18(2)19(3)33-26)16-21-9-4-5-12-23(21)25(31)27-15-22-11-7-13-32-22/h4-14H,15-16H2,1-3H3,(H,27,31). The molecular formula is C26H25N3O3S. The van der Waals surface area contributed by atoms with Crippen molar-refractivity contribution >= 4 is 23.2 Å². The van der Waals surface area contributed by atoms with Gasteiger partial charge in [-0.15, -0.1) is 11.3 Å². The first-order chi connectivity index (χ1) is 15.9. The molecule has 2 heterocycles. The zero-order valence-electron chi connectivity index (χ0n) is 18.8. The van der Waals surface area contributed by atoms with Crippen LogP contribution in [0.5, 0.6) is 0 Å². The van der Waals surface area contributed by atoms with E-state index in [1.165, 1.54) is 11.3 Å². The lowest BCUT2D eigenvalue weighted by molar-refractivity contribution is 0.0945. The molecular weight excluding hydrogens is 434 g/mol. The average Bonchev–Trinajstić information content (AvgIpc) is 3.42. The van der Waals surface area contributed by atoms with E-state index in [1.54, 1.807) is 24.5 Å². The third kappa shape index (κ3) is 5.21. The molecule has 0 radical (unpaired) electrons. The van der Waals surface area contributed by atoms with Crippen molar-refractivity contribution in [2.24, 2.45) is 4.99 Å². The summed E-state index contributed by atoms with van der Waals surface area (Å²) >= 11 is 1.47. The molecule has 0 atom stereocenters. The predicted octanol–water partition coefficient (Wildman–Crippen LogP) is 4.79. The van der Waals surface area contributed by atoms with Crippen molar-refractivity contribution in [3.63, 3.8) is 0 Å². The normalized spacial score (nSPS) is 11.5. The molecule has 4 aromatic rings. The molecule has 33 heavy (non-hydrogen) atoms. The summed E-state index contributed by atoms with van der Waals surface area (Å²) < 4.78 is 7.29. The molecule has 0 unspecified atom stereocenters. The first-order valence-electron chi connectivity index (χ1n) is 10.6. The maximum Gasteiger partial charge on any atom is 0.279 e. The second kappa shape index (κ2) is 9.83. The van der Waals surface area contributed by atoms with Gasteiger partial charge in [0.1, 0.15) is 5.76 Å². The van der Waals surface area contributed by atoms with Gasteiger partial charge in [0.2, 0.25) is 0 Å². The highest BCUT2D eigenvalue weighted by Crippen LogP contribution is 2.16. The number of furan rings is 1. The van der Waals surface area contributed by atoms with Crippen molar-refractivity contribution in [2.45, 2.75) is 33.9 Å². The van der Waals surface area contributed by atoms with E-state index in [-0.39, 0.29) is 11.8 Å². The van der Waals surface area contributed by atoms with Crippen LogP contribution < -0.4 is 10.1 Å². The van der Waals surface area contributed by atoms with Crippen LogP contribution in [-0.4, -0.2) is 16.4 Å². The highest BCUT2D eigenvalue weighted by Gasteiger charge is 2.15. The molecule has 1 N–H and O–H groups in total. The SMILES string of the molecule is Cc1cccc(C(=O)N=c2sc(C)c(C)n2Cc2ccccc2C(=O)NCc2ccco2)c1. The van der Waals surface area contributed by atoms with E-state index < -0.39 is 0 Å². The summed E-state index contributed by atoms with van der Waals surface area (Å²) in [5, 5.41) is 2.90. The number of amides is 2. The average molecular weight is 460 g/mol. The van der Waals surface area contributed by atoms with Crippen molar-refractivity contribution in [2.75, 3.05) is 0 Å². The number of nitrogens with one attached hydrogen (secondary N) is 1. The lowest BCUT2D eigenvalue weighted by Crippen LogP contribution is -2.25. The fourth-order valence-electron chi connectivity index (χ4n) is 3.52. The van der Waals surface area contributed by atoms with Gasteiger partial charge in [-0.3, -0.25) is 9.59 Å². The van der Waals surface area contributed by atoms with E-state index >= 15 is 0 Å². The number of carbonyl (C=O) groups is 2. The maximum absolute atomic E-state index is 12.9. The Morgan fingerprint density at radius 1 is 1.03 bits per heavy atom. The Morgan fingerprint density at radius 2 is 1.85 bits per heavy atom. The smallest absolute Gasteiger partial charge is 0.279 e. The van der Waals surface area contributed by atoms with Gasteiger partial charge in [0, 0.05) is 21.7 Å². The second-order valence-corrected chi connectivity index (χ2v) is 9.00. The van der Waals surface area contributed by atoms with Gasteiger partial charge in [0.05, 0.1) is 19.4 Å². The van der Waals surface area contributed by atoms with E-state index in [2.05, 4.69) is 10.3 Å². The number of benzene rings is 2. The summed E-state index contributed by atoms with van der Waals surface area (Å²) in [5.41, 5.74) is 4.01. The Labute approximate surface area is 196 Å². The molecule has 0 aliphatic rings. The van der Waals surface area contributed by atoms with Crippen LogP contribution in [0.4, 0.5) is 0 Å². The van der Waals surface area contributed by atoms with Crippen molar-refractivity contribution < 1.29 is 14.0 Å². The molecule has 2 aromatic carbocycles. The van der Waals surface area contributed by atoms with Gasteiger partial charge < -0.3 is 14.3 Å². The molecule has 6 nitrogen and oxygen atoms in total. The Morgan fingerprint density at radius 3 is 2.61 bits per heavy atom. The minimum absolute atomic E-state index is 0.179. The quantitative estimate of drug-likeness (QED) is 0.451. The number of aryl methyl sites for hydroxylation is 2. The Balaban J connectivity index is 1.64. The number of hydrogen-bond donors (Lipinski definition) is 1. The minimum Gasteiger partial charge on any atom is -0.467 e. The maximum atomic E-state index is 12.9. The molecule has 168 valence electrons. The number of hydrogen-bond acceptors (Lipinski definition) is 4. The molecule has 2 amide bonds. The number of carbonyl (C=O) groups excluding carboxylic acids is 2. The van der Waals surface area contributed by atoms with Crippen LogP contribution in [0.15, 0.2) is 76.3 Å². The van der Waals surface area contributed by atoms with Crippen LogP contribution in [0.2, 0.25) is 0 Å². The third-order valence-corrected chi connectivity index (χ3v) is 6.54. The lowest BCUT2D eigenvalue weighted by Gasteiger charge is -2.12. The molecule has 4 rings (SSSR count). The van der Waals surface area contributed by atoms with Crippen molar-refractivity contribution in [1.29, 1.82) is 0 Å². The molecule has 0 fully saturated rings. The number of nitrogens with zero attached hydrogens (tertiary/aromatic N) is 2. The summed E-state index contributed by atoms with van der Waals surface area (Å²) in [7, 11) is 0. The Kier molecular flexibility index (Phi) is 6.70. The number of thiazole rings is 1. The van der Waals surface area contributed by atoms with E-state index in [0.29, 0.717) is 34.8 Å². The minimum atomic E-state index is -0.279. The van der Waals surface area contributed by atoms with Crippen LogP contribution in [0.1, 0.15) is 48.2 Å². The highest BCUT2D eigenvalue weighted by molar-refractivity contribution is 7.09. The van der Waals surface area contributed by atoms with Crippen LogP contribution in [0.25, 0.3) is 0 Å². The van der Waals surface area contributed by atoms with Gasteiger partial charge in [0.15, 0.2) is 4.80 Å². The fourth-order valence-corrected chi connectivity index (χ4v) is 4.50. The van der Waals surface area contributed by atoms with Crippen LogP contribution in [0.3, 0.4) is 0 Å². The fraction of sp³-hybridized carbons (Fsp3) is 0.192. The van der Waals surface area contributed by atoms with Crippen LogP contribution in [0, 0.1) is 20.8 Å². The third-order valence-electron chi connectivity index (χ3n) is 5.45. The molecule has 0 saturated carbocycles. The number of rotatable bonds is 6. The molecule has 0 saturated heterocycles. The summed E-state index contributed by atoms with van der Waals surface area (Å²) in [6, 6.07) is 18.5. The molecule has 0 aliphatic heterocycles. The lowest BCUT2D eigenvalue weighted by atomic mass is 10.1. The van der Waals surface area contributed by atoms with E-state index in [4.69, 9.17) is 4.42 Å². The largest absolute Gasteiger partial charge is 0.467 e. The topological polar surface area (TPSA) is 76.6 Å². The summed E-state index contributed by atoms with van der Waals surface area (Å²) in [4.78, 5) is 31.8. The first-order valence-corrected chi connectivity index (χ1v) is 11.4. The number of aromatic nitrogens is 1. The van der Waals surface area contributed by atoms with Gasteiger partial charge in [-0.2, -0.15) is 4.99 Å². The summed E-state index contributed by atoms with van der Waals surface area (Å²) in [5.74, 6) is 0.231. The highest BCUT2D eigenvalue weighted by atomic mass is 32.1. The van der Waals surface area contributed by atoms with Gasteiger partial charge in [-0.05, 0) is 56.7 Å². The van der Waals surface area contributed by atoms with Gasteiger partial charge in [-0.25, -0.2) is 0 Å². The van der Waals surface area contributed by atoms with Gasteiger partial charge >= 0.3 is 0 Å². The molecule has 7 heteroatoms. The second-order valence-electron chi connectivity index (χ2n) is 7.82. The molecule has 0 bridgehead atoms. The van der Waals surface area contributed by atoms with E-state index in [0.717, 1.165) is 21.7 Å².